The first-order chi connectivity index (χ1) is 12.6. The molecule has 2 aromatic rings. The minimum atomic E-state index is -0.131. The van der Waals surface area contributed by atoms with Gasteiger partial charge in [0, 0.05) is 6.42 Å². The molecular weight excluding hydrogens is 328 g/mol. The van der Waals surface area contributed by atoms with Gasteiger partial charge in [0.2, 0.25) is 5.91 Å². The SMILES string of the molecule is CCOc1ccc(C(C)NC(=O)CCc2ccc(C#N)cc2)cc1OC. The molecule has 0 saturated heterocycles. The Morgan fingerprint density at radius 2 is 1.92 bits per heavy atom. The lowest BCUT2D eigenvalue weighted by Gasteiger charge is -2.17. The number of rotatable bonds is 8. The van der Waals surface area contributed by atoms with Gasteiger partial charge in [-0.05, 0) is 55.7 Å². The van der Waals surface area contributed by atoms with E-state index in [-0.39, 0.29) is 11.9 Å². The first-order valence-electron chi connectivity index (χ1n) is 8.66. The zero-order valence-electron chi connectivity index (χ0n) is 15.4. The highest BCUT2D eigenvalue weighted by atomic mass is 16.5. The summed E-state index contributed by atoms with van der Waals surface area (Å²) < 4.78 is 10.9. The lowest BCUT2D eigenvalue weighted by Crippen LogP contribution is -2.26. The topological polar surface area (TPSA) is 71.3 Å². The lowest BCUT2D eigenvalue weighted by atomic mass is 10.1. The van der Waals surface area contributed by atoms with E-state index in [1.807, 2.05) is 44.2 Å². The molecule has 0 radical (unpaired) electrons. The summed E-state index contributed by atoms with van der Waals surface area (Å²) in [5.74, 6) is 1.33. The number of nitrogens with zero attached hydrogens (tertiary/aromatic N) is 1. The van der Waals surface area contributed by atoms with E-state index in [0.717, 1.165) is 11.1 Å². The van der Waals surface area contributed by atoms with Crippen LogP contribution in [0, 0.1) is 11.3 Å². The number of benzene rings is 2. The summed E-state index contributed by atoms with van der Waals surface area (Å²) in [6.07, 6.45) is 1.03. The highest BCUT2D eigenvalue weighted by Gasteiger charge is 2.13. The molecule has 0 heterocycles. The second-order valence-corrected chi connectivity index (χ2v) is 5.94. The van der Waals surface area contributed by atoms with Gasteiger partial charge in [0.05, 0.1) is 31.4 Å². The van der Waals surface area contributed by atoms with Crippen molar-refractivity contribution in [2.75, 3.05) is 13.7 Å². The Morgan fingerprint density at radius 1 is 1.19 bits per heavy atom. The average molecular weight is 352 g/mol. The lowest BCUT2D eigenvalue weighted by molar-refractivity contribution is -0.121. The number of nitriles is 1. The first-order valence-corrected chi connectivity index (χ1v) is 8.66. The molecule has 0 fully saturated rings. The summed E-state index contributed by atoms with van der Waals surface area (Å²) >= 11 is 0. The number of carbonyl (C=O) groups excluding carboxylic acids is 1. The number of hydrogen-bond acceptors (Lipinski definition) is 4. The van der Waals surface area contributed by atoms with Gasteiger partial charge in [-0.1, -0.05) is 18.2 Å². The van der Waals surface area contributed by atoms with Crippen LogP contribution in [0.15, 0.2) is 42.5 Å². The molecule has 0 aliphatic heterocycles. The van der Waals surface area contributed by atoms with Gasteiger partial charge in [-0.25, -0.2) is 0 Å². The van der Waals surface area contributed by atoms with E-state index >= 15 is 0 Å². The Morgan fingerprint density at radius 3 is 2.54 bits per heavy atom. The van der Waals surface area contributed by atoms with Gasteiger partial charge in [-0.3, -0.25) is 4.79 Å². The number of methoxy groups -OCH3 is 1. The zero-order chi connectivity index (χ0) is 18.9. The number of hydrogen-bond donors (Lipinski definition) is 1. The normalized spacial score (nSPS) is 11.3. The highest BCUT2D eigenvalue weighted by molar-refractivity contribution is 5.76. The summed E-state index contributed by atoms with van der Waals surface area (Å²) in [6.45, 7) is 4.43. The van der Waals surface area contributed by atoms with E-state index in [2.05, 4.69) is 11.4 Å². The fourth-order valence-corrected chi connectivity index (χ4v) is 2.63. The molecule has 0 aliphatic carbocycles. The van der Waals surface area contributed by atoms with Crippen molar-refractivity contribution in [2.24, 2.45) is 0 Å². The largest absolute Gasteiger partial charge is 0.493 e. The maximum Gasteiger partial charge on any atom is 0.220 e. The van der Waals surface area contributed by atoms with Crippen LogP contribution < -0.4 is 14.8 Å². The van der Waals surface area contributed by atoms with Gasteiger partial charge >= 0.3 is 0 Å². The second-order valence-electron chi connectivity index (χ2n) is 5.94. The Labute approximate surface area is 154 Å². The molecule has 1 atom stereocenters. The van der Waals surface area contributed by atoms with Crippen LogP contribution in [0.3, 0.4) is 0 Å². The maximum atomic E-state index is 12.2. The number of carbonyl (C=O) groups is 1. The zero-order valence-corrected chi connectivity index (χ0v) is 15.4. The monoisotopic (exact) mass is 352 g/mol. The third-order valence-corrected chi connectivity index (χ3v) is 4.09. The summed E-state index contributed by atoms with van der Waals surface area (Å²) in [4.78, 5) is 12.2. The number of aryl methyl sites for hydroxylation is 1. The van der Waals surface area contributed by atoms with Gasteiger partial charge < -0.3 is 14.8 Å². The molecule has 0 saturated carbocycles. The molecule has 136 valence electrons. The Bertz CT molecular complexity index is 779. The van der Waals surface area contributed by atoms with Crippen molar-refractivity contribution in [3.8, 4) is 17.6 Å². The molecule has 0 spiro atoms. The molecule has 1 N–H and O–H groups in total. The van der Waals surface area contributed by atoms with E-state index in [1.165, 1.54) is 0 Å². The minimum absolute atomic E-state index is 0.0188. The molecule has 26 heavy (non-hydrogen) atoms. The molecule has 0 aliphatic rings. The van der Waals surface area contributed by atoms with E-state index in [9.17, 15) is 4.79 Å². The molecule has 2 rings (SSSR count). The Hall–Kier alpha value is -3.00. The first kappa shape index (κ1) is 19.3. The Balaban J connectivity index is 1.92. The van der Waals surface area contributed by atoms with Crippen molar-refractivity contribution >= 4 is 5.91 Å². The average Bonchev–Trinajstić information content (AvgIpc) is 2.67. The van der Waals surface area contributed by atoms with Crippen molar-refractivity contribution in [3.05, 3.63) is 59.2 Å². The van der Waals surface area contributed by atoms with Crippen molar-refractivity contribution in [2.45, 2.75) is 32.7 Å². The molecule has 5 heteroatoms. The molecular formula is C21H24N2O3. The van der Waals surface area contributed by atoms with Crippen LogP contribution in [0.1, 0.15) is 43.0 Å². The van der Waals surface area contributed by atoms with Gasteiger partial charge in [0.1, 0.15) is 0 Å². The fraction of sp³-hybridized carbons (Fsp3) is 0.333. The van der Waals surface area contributed by atoms with Gasteiger partial charge in [0.15, 0.2) is 11.5 Å². The third kappa shape index (κ3) is 5.25. The van der Waals surface area contributed by atoms with Crippen molar-refractivity contribution in [1.82, 2.24) is 5.32 Å². The minimum Gasteiger partial charge on any atom is -0.493 e. The Kier molecular flexibility index (Phi) is 7.04. The van der Waals surface area contributed by atoms with Crippen LogP contribution in [-0.2, 0) is 11.2 Å². The van der Waals surface area contributed by atoms with E-state index in [4.69, 9.17) is 14.7 Å². The van der Waals surface area contributed by atoms with Crippen LogP contribution >= 0.6 is 0 Å². The van der Waals surface area contributed by atoms with Crippen molar-refractivity contribution in [1.29, 1.82) is 5.26 Å². The van der Waals surface area contributed by atoms with E-state index in [0.29, 0.717) is 36.5 Å². The molecule has 1 amide bonds. The number of amides is 1. The number of ether oxygens (including phenoxy) is 2. The van der Waals surface area contributed by atoms with Gasteiger partial charge in [0.25, 0.3) is 0 Å². The van der Waals surface area contributed by atoms with Crippen molar-refractivity contribution < 1.29 is 14.3 Å². The smallest absolute Gasteiger partial charge is 0.220 e. The standard InChI is InChI=1S/C21H24N2O3/c1-4-26-19-11-10-18(13-20(19)25-3)15(2)23-21(24)12-9-16-5-7-17(14-22)8-6-16/h5-8,10-11,13,15H,4,9,12H2,1-3H3,(H,23,24). The molecule has 5 nitrogen and oxygen atoms in total. The van der Waals surface area contributed by atoms with Crippen LogP contribution in [0.4, 0.5) is 0 Å². The van der Waals surface area contributed by atoms with Crippen LogP contribution in [-0.4, -0.2) is 19.6 Å². The molecule has 0 bridgehead atoms. The van der Waals surface area contributed by atoms with Gasteiger partial charge in [-0.2, -0.15) is 5.26 Å². The predicted octanol–water partition coefficient (Wildman–Crippen LogP) is 3.78. The summed E-state index contributed by atoms with van der Waals surface area (Å²) in [5.41, 5.74) is 2.61. The summed E-state index contributed by atoms with van der Waals surface area (Å²) in [7, 11) is 1.60. The third-order valence-electron chi connectivity index (χ3n) is 4.09. The molecule has 0 aromatic heterocycles. The molecule has 1 unspecified atom stereocenters. The summed E-state index contributed by atoms with van der Waals surface area (Å²) in [6, 6.07) is 14.9. The van der Waals surface area contributed by atoms with Crippen molar-refractivity contribution in [3.63, 3.8) is 0 Å². The molecule has 2 aromatic carbocycles. The summed E-state index contributed by atoms with van der Waals surface area (Å²) in [5, 5.41) is 11.8. The predicted molar refractivity (Wildman–Crippen MR) is 100 cm³/mol. The number of nitrogens with one attached hydrogen (secondary N) is 1. The highest BCUT2D eigenvalue weighted by Crippen LogP contribution is 2.30. The van der Waals surface area contributed by atoms with E-state index < -0.39 is 0 Å². The quantitative estimate of drug-likeness (QED) is 0.785. The second kappa shape index (κ2) is 9.47. The maximum absolute atomic E-state index is 12.2. The van der Waals surface area contributed by atoms with Crippen LogP contribution in [0.2, 0.25) is 0 Å². The van der Waals surface area contributed by atoms with Gasteiger partial charge in [-0.15, -0.1) is 0 Å². The van der Waals surface area contributed by atoms with Crippen LogP contribution in [0.5, 0.6) is 11.5 Å². The van der Waals surface area contributed by atoms with Crippen LogP contribution in [0.25, 0.3) is 0 Å². The van der Waals surface area contributed by atoms with E-state index in [1.54, 1.807) is 19.2 Å². The fourth-order valence-electron chi connectivity index (χ4n) is 2.63.